The van der Waals surface area contributed by atoms with Gasteiger partial charge in [0.15, 0.2) is 5.76 Å². The summed E-state index contributed by atoms with van der Waals surface area (Å²) in [6.07, 6.45) is -4.74. The molecule has 0 spiro atoms. The highest BCUT2D eigenvalue weighted by molar-refractivity contribution is 5.91. The summed E-state index contributed by atoms with van der Waals surface area (Å²) in [6.45, 7) is -0.355. The Kier molecular flexibility index (Phi) is 4.32. The Morgan fingerprint density at radius 3 is 2.57 bits per heavy atom. The average Bonchev–Trinajstić information content (AvgIpc) is 2.97. The van der Waals surface area contributed by atoms with Gasteiger partial charge < -0.3 is 14.8 Å². The molecule has 0 aliphatic carbocycles. The van der Waals surface area contributed by atoms with Crippen molar-refractivity contribution < 1.29 is 27.5 Å². The smallest absolute Gasteiger partial charge is 0.416 e. The molecule has 0 saturated carbocycles. The molecule has 2 N–H and O–H groups in total. The molecule has 7 heteroatoms. The Morgan fingerprint density at radius 1 is 1.24 bits per heavy atom. The van der Waals surface area contributed by atoms with E-state index in [1.807, 2.05) is 0 Å². The van der Waals surface area contributed by atoms with E-state index in [1.54, 1.807) is 0 Å². The van der Waals surface area contributed by atoms with Gasteiger partial charge in [-0.2, -0.15) is 13.2 Å². The van der Waals surface area contributed by atoms with Crippen molar-refractivity contribution in [3.8, 4) is 0 Å². The van der Waals surface area contributed by atoms with E-state index in [0.717, 1.165) is 6.07 Å². The molecule has 0 bridgehead atoms. The van der Waals surface area contributed by atoms with E-state index in [0.29, 0.717) is 0 Å². The Balaban J connectivity index is 2.07. The van der Waals surface area contributed by atoms with Crippen molar-refractivity contribution >= 4 is 5.91 Å². The maximum atomic E-state index is 12.8. The minimum Gasteiger partial charge on any atom is -0.459 e. The molecule has 1 aromatic heterocycles. The number of halogens is 3. The molecule has 1 atom stereocenters. The molecular weight excluding hydrogens is 287 g/mol. The molecule has 1 amide bonds. The number of hydrogen-bond acceptors (Lipinski definition) is 3. The molecule has 2 rings (SSSR count). The number of carbonyl (C=O) groups is 1. The first-order valence-corrected chi connectivity index (χ1v) is 6.05. The summed E-state index contributed by atoms with van der Waals surface area (Å²) in [6, 6.07) is 7.59. The van der Waals surface area contributed by atoms with Crippen LogP contribution in [-0.4, -0.2) is 17.6 Å². The SMILES string of the molecule is O=C(NC[C@H](O)c1ccccc1C(F)(F)F)c1ccco1. The standard InChI is InChI=1S/C14H12F3NO3/c15-14(16,17)10-5-2-1-4-9(10)11(19)8-18-13(20)12-6-3-7-21-12/h1-7,11,19H,8H2,(H,18,20)/t11-/m0/s1. The third-order valence-corrected chi connectivity index (χ3v) is 2.83. The summed E-state index contributed by atoms with van der Waals surface area (Å²) in [5.41, 5.74) is -1.21. The van der Waals surface area contributed by atoms with Crippen LogP contribution >= 0.6 is 0 Å². The van der Waals surface area contributed by atoms with Gasteiger partial charge >= 0.3 is 6.18 Å². The lowest BCUT2D eigenvalue weighted by Gasteiger charge is -2.17. The number of aliphatic hydroxyl groups excluding tert-OH is 1. The van der Waals surface area contributed by atoms with Gasteiger partial charge in [-0.1, -0.05) is 18.2 Å². The average molecular weight is 299 g/mol. The van der Waals surface area contributed by atoms with Crippen LogP contribution in [0, 0.1) is 0 Å². The number of aliphatic hydroxyl groups is 1. The maximum Gasteiger partial charge on any atom is 0.416 e. The van der Waals surface area contributed by atoms with Crippen molar-refractivity contribution in [2.75, 3.05) is 6.54 Å². The Morgan fingerprint density at radius 2 is 1.95 bits per heavy atom. The molecular formula is C14H12F3NO3. The normalized spacial score (nSPS) is 13.0. The second-order valence-electron chi connectivity index (χ2n) is 4.29. The van der Waals surface area contributed by atoms with E-state index in [2.05, 4.69) is 5.32 Å². The number of hydrogen-bond donors (Lipinski definition) is 2. The van der Waals surface area contributed by atoms with E-state index in [9.17, 15) is 23.1 Å². The molecule has 2 aromatic rings. The number of furan rings is 1. The van der Waals surface area contributed by atoms with Crippen LogP contribution in [-0.2, 0) is 6.18 Å². The van der Waals surface area contributed by atoms with Gasteiger partial charge in [0.2, 0.25) is 0 Å². The predicted molar refractivity (Wildman–Crippen MR) is 67.4 cm³/mol. The van der Waals surface area contributed by atoms with E-state index in [-0.39, 0.29) is 17.9 Å². The highest BCUT2D eigenvalue weighted by Crippen LogP contribution is 2.34. The van der Waals surface area contributed by atoms with Crippen LogP contribution in [0.3, 0.4) is 0 Å². The Hall–Kier alpha value is -2.28. The van der Waals surface area contributed by atoms with Crippen LogP contribution in [0.25, 0.3) is 0 Å². The van der Waals surface area contributed by atoms with E-state index < -0.39 is 23.8 Å². The van der Waals surface area contributed by atoms with Crippen molar-refractivity contribution in [3.05, 3.63) is 59.5 Å². The highest BCUT2D eigenvalue weighted by atomic mass is 19.4. The van der Waals surface area contributed by atoms with Gasteiger partial charge in [0, 0.05) is 6.54 Å². The molecule has 0 unspecified atom stereocenters. The van der Waals surface area contributed by atoms with E-state index in [4.69, 9.17) is 4.42 Å². The zero-order valence-electron chi connectivity index (χ0n) is 10.7. The molecule has 0 aliphatic heterocycles. The molecule has 21 heavy (non-hydrogen) atoms. The minimum absolute atomic E-state index is 0.0197. The first-order valence-electron chi connectivity index (χ1n) is 6.05. The fourth-order valence-corrected chi connectivity index (χ4v) is 1.84. The zero-order chi connectivity index (χ0) is 15.5. The summed E-state index contributed by atoms with van der Waals surface area (Å²) in [5, 5.41) is 12.2. The van der Waals surface area contributed by atoms with E-state index >= 15 is 0 Å². The number of rotatable bonds is 4. The topological polar surface area (TPSA) is 62.5 Å². The Labute approximate surface area is 118 Å². The monoisotopic (exact) mass is 299 g/mol. The quantitative estimate of drug-likeness (QED) is 0.912. The molecule has 0 aliphatic rings. The first kappa shape index (κ1) is 15.1. The van der Waals surface area contributed by atoms with Gasteiger partial charge in [-0.3, -0.25) is 4.79 Å². The second-order valence-corrected chi connectivity index (χ2v) is 4.29. The van der Waals surface area contributed by atoms with Gasteiger partial charge in [0.1, 0.15) is 0 Å². The van der Waals surface area contributed by atoms with Crippen LogP contribution in [0.1, 0.15) is 27.8 Å². The summed E-state index contributed by atoms with van der Waals surface area (Å²) in [4.78, 5) is 11.6. The van der Waals surface area contributed by atoms with Gasteiger partial charge in [0.25, 0.3) is 5.91 Å². The van der Waals surface area contributed by atoms with Crippen molar-refractivity contribution in [2.24, 2.45) is 0 Å². The first-order chi connectivity index (χ1) is 9.89. The van der Waals surface area contributed by atoms with Crippen molar-refractivity contribution in [1.82, 2.24) is 5.32 Å². The van der Waals surface area contributed by atoms with Gasteiger partial charge in [0.05, 0.1) is 17.9 Å². The largest absolute Gasteiger partial charge is 0.459 e. The van der Waals surface area contributed by atoms with Crippen LogP contribution < -0.4 is 5.32 Å². The number of nitrogens with one attached hydrogen (secondary N) is 1. The van der Waals surface area contributed by atoms with Crippen LogP contribution in [0.2, 0.25) is 0 Å². The van der Waals surface area contributed by atoms with Crippen LogP contribution in [0.4, 0.5) is 13.2 Å². The van der Waals surface area contributed by atoms with Crippen LogP contribution in [0.5, 0.6) is 0 Å². The Bertz CT molecular complexity index is 608. The highest BCUT2D eigenvalue weighted by Gasteiger charge is 2.34. The lowest BCUT2D eigenvalue weighted by Crippen LogP contribution is -2.29. The molecule has 112 valence electrons. The van der Waals surface area contributed by atoms with Crippen molar-refractivity contribution in [2.45, 2.75) is 12.3 Å². The van der Waals surface area contributed by atoms with Crippen molar-refractivity contribution in [1.29, 1.82) is 0 Å². The summed E-state index contributed by atoms with van der Waals surface area (Å²) < 4.78 is 43.3. The summed E-state index contributed by atoms with van der Waals surface area (Å²) >= 11 is 0. The number of alkyl halides is 3. The lowest BCUT2D eigenvalue weighted by molar-refractivity contribution is -0.139. The summed E-state index contributed by atoms with van der Waals surface area (Å²) in [7, 11) is 0. The van der Waals surface area contributed by atoms with Gasteiger partial charge in [-0.05, 0) is 23.8 Å². The van der Waals surface area contributed by atoms with Gasteiger partial charge in [-0.15, -0.1) is 0 Å². The second kappa shape index (κ2) is 6.01. The molecule has 4 nitrogen and oxygen atoms in total. The number of benzene rings is 1. The third-order valence-electron chi connectivity index (χ3n) is 2.83. The van der Waals surface area contributed by atoms with Gasteiger partial charge in [-0.25, -0.2) is 0 Å². The fraction of sp³-hybridized carbons (Fsp3) is 0.214. The number of amides is 1. The van der Waals surface area contributed by atoms with E-state index in [1.165, 1.54) is 36.6 Å². The predicted octanol–water partition coefficient (Wildman–Crippen LogP) is 2.76. The molecule has 0 fully saturated rings. The minimum atomic E-state index is -4.57. The zero-order valence-corrected chi connectivity index (χ0v) is 10.7. The molecule has 0 saturated heterocycles. The number of carbonyl (C=O) groups excluding carboxylic acids is 1. The molecule has 0 radical (unpaired) electrons. The molecule has 1 heterocycles. The molecule has 1 aromatic carbocycles. The van der Waals surface area contributed by atoms with Crippen LogP contribution in [0.15, 0.2) is 47.1 Å². The third kappa shape index (κ3) is 3.63. The van der Waals surface area contributed by atoms with Crippen molar-refractivity contribution in [3.63, 3.8) is 0 Å². The lowest BCUT2D eigenvalue weighted by atomic mass is 10.0. The summed E-state index contributed by atoms with van der Waals surface area (Å²) in [5.74, 6) is -0.588. The fourth-order valence-electron chi connectivity index (χ4n) is 1.84. The maximum absolute atomic E-state index is 12.8.